The maximum absolute atomic E-state index is 13.8. The number of sulfonamides is 1. The van der Waals surface area contributed by atoms with Crippen molar-refractivity contribution in [2.45, 2.75) is 31.2 Å². The van der Waals surface area contributed by atoms with Gasteiger partial charge in [0.1, 0.15) is 11.6 Å². The molecule has 1 aromatic carbocycles. The summed E-state index contributed by atoms with van der Waals surface area (Å²) in [4.78, 5) is 24.3. The molecule has 28 heavy (non-hydrogen) atoms. The first-order valence-corrected chi connectivity index (χ1v) is 10.4. The lowest BCUT2D eigenvalue weighted by atomic mass is 10.3. The molecule has 0 aromatic heterocycles. The molecule has 1 heterocycles. The molecule has 0 spiro atoms. The van der Waals surface area contributed by atoms with Crippen LogP contribution >= 0.6 is 0 Å². The molecule has 1 saturated heterocycles. The van der Waals surface area contributed by atoms with Crippen molar-refractivity contribution in [1.82, 2.24) is 19.8 Å². The summed E-state index contributed by atoms with van der Waals surface area (Å²) in [5.74, 6) is -2.81. The number of amides is 3. The predicted octanol–water partition coefficient (Wildman–Crippen LogP) is 0.895. The van der Waals surface area contributed by atoms with Gasteiger partial charge in [0, 0.05) is 32.2 Å². The number of nitrogens with one attached hydrogen (secondary N) is 2. The first-order valence-electron chi connectivity index (χ1n) is 8.92. The van der Waals surface area contributed by atoms with Gasteiger partial charge in [-0.3, -0.25) is 15.0 Å². The van der Waals surface area contributed by atoms with Gasteiger partial charge < -0.3 is 5.32 Å². The Kier molecular flexibility index (Phi) is 7.44. The van der Waals surface area contributed by atoms with Crippen LogP contribution in [0.3, 0.4) is 0 Å². The molecule has 0 aliphatic carbocycles. The summed E-state index contributed by atoms with van der Waals surface area (Å²) in [5.41, 5.74) is 0. The van der Waals surface area contributed by atoms with E-state index in [0.29, 0.717) is 0 Å². The fourth-order valence-electron chi connectivity index (χ4n) is 2.72. The van der Waals surface area contributed by atoms with E-state index in [2.05, 4.69) is 10.6 Å². The minimum atomic E-state index is -4.32. The van der Waals surface area contributed by atoms with Gasteiger partial charge in [-0.1, -0.05) is 13.0 Å². The fourth-order valence-corrected chi connectivity index (χ4v) is 4.25. The van der Waals surface area contributed by atoms with Crippen LogP contribution in [0.4, 0.5) is 13.6 Å². The van der Waals surface area contributed by atoms with Crippen LogP contribution in [0, 0.1) is 11.6 Å². The Balaban J connectivity index is 1.90. The zero-order chi connectivity index (χ0) is 20.9. The molecule has 1 aliphatic rings. The Morgan fingerprint density at radius 1 is 1.14 bits per heavy atom. The van der Waals surface area contributed by atoms with E-state index in [-0.39, 0.29) is 38.8 Å². The van der Waals surface area contributed by atoms with E-state index in [1.165, 1.54) is 0 Å². The number of imide groups is 1. The van der Waals surface area contributed by atoms with Gasteiger partial charge >= 0.3 is 6.03 Å². The minimum Gasteiger partial charge on any atom is -0.335 e. The van der Waals surface area contributed by atoms with Crippen LogP contribution in [0.5, 0.6) is 0 Å². The maximum Gasteiger partial charge on any atom is 0.321 e. The molecule has 3 amide bonds. The molecule has 1 aromatic rings. The van der Waals surface area contributed by atoms with Crippen molar-refractivity contribution in [1.29, 1.82) is 0 Å². The molecule has 0 bridgehead atoms. The molecular weight excluding hydrogens is 394 g/mol. The van der Waals surface area contributed by atoms with Gasteiger partial charge in [-0.15, -0.1) is 0 Å². The van der Waals surface area contributed by atoms with Crippen molar-refractivity contribution in [2.75, 3.05) is 32.7 Å². The number of nitrogens with zero attached hydrogens (tertiary/aromatic N) is 2. The molecule has 1 aliphatic heterocycles. The average molecular weight is 418 g/mol. The lowest BCUT2D eigenvalue weighted by Crippen LogP contribution is -2.52. The molecule has 1 fully saturated rings. The Hall–Kier alpha value is -2.11. The van der Waals surface area contributed by atoms with Crippen molar-refractivity contribution in [3.8, 4) is 0 Å². The first kappa shape index (κ1) is 22.2. The number of hydrogen-bond donors (Lipinski definition) is 2. The van der Waals surface area contributed by atoms with Crippen LogP contribution in [-0.2, 0) is 14.8 Å². The number of rotatable bonds is 6. The third kappa shape index (κ3) is 5.46. The second kappa shape index (κ2) is 9.39. The number of piperazine rings is 1. The summed E-state index contributed by atoms with van der Waals surface area (Å²) in [5, 5.41) is 4.82. The van der Waals surface area contributed by atoms with E-state index in [4.69, 9.17) is 0 Å². The number of carbonyl (C=O) groups excluding carboxylic acids is 2. The van der Waals surface area contributed by atoms with Gasteiger partial charge in [0.25, 0.3) is 0 Å². The van der Waals surface area contributed by atoms with Crippen molar-refractivity contribution in [3.63, 3.8) is 0 Å². The molecule has 1 atom stereocenters. The van der Waals surface area contributed by atoms with Gasteiger partial charge in [-0.05, 0) is 25.5 Å². The van der Waals surface area contributed by atoms with E-state index in [9.17, 15) is 26.8 Å². The zero-order valence-corrected chi connectivity index (χ0v) is 16.6. The van der Waals surface area contributed by atoms with Crippen LogP contribution in [0.1, 0.15) is 20.3 Å². The quantitative estimate of drug-likeness (QED) is 0.715. The van der Waals surface area contributed by atoms with Crippen molar-refractivity contribution >= 4 is 22.0 Å². The Bertz CT molecular complexity index is 806. The number of carbonyl (C=O) groups is 2. The lowest BCUT2D eigenvalue weighted by Gasteiger charge is -2.33. The van der Waals surface area contributed by atoms with Gasteiger partial charge in [-0.2, -0.15) is 4.31 Å². The van der Waals surface area contributed by atoms with Crippen LogP contribution in [0.15, 0.2) is 23.1 Å². The van der Waals surface area contributed by atoms with E-state index in [0.717, 1.165) is 28.9 Å². The van der Waals surface area contributed by atoms with Gasteiger partial charge in [-0.25, -0.2) is 22.0 Å². The molecule has 8 nitrogen and oxygen atoms in total. The van der Waals surface area contributed by atoms with E-state index >= 15 is 0 Å². The summed E-state index contributed by atoms with van der Waals surface area (Å²) >= 11 is 0. The highest BCUT2D eigenvalue weighted by atomic mass is 32.2. The molecule has 2 rings (SSSR count). The Morgan fingerprint density at radius 2 is 1.71 bits per heavy atom. The molecule has 0 unspecified atom stereocenters. The standard InChI is InChI=1S/C17H24F2N4O4S/c1-3-12(2)20-17(25)21-15(24)11-22-7-9-23(10-8-22)28(26,27)16-13(18)5-4-6-14(16)19/h4-6,12H,3,7-11H2,1-2H3,(H2,20,21,24,25)/t12-/m1/s1. The average Bonchev–Trinajstić information content (AvgIpc) is 2.61. The number of halogens is 2. The smallest absolute Gasteiger partial charge is 0.321 e. The predicted molar refractivity (Wildman–Crippen MR) is 98.0 cm³/mol. The molecule has 2 N–H and O–H groups in total. The summed E-state index contributed by atoms with van der Waals surface area (Å²) in [7, 11) is -4.32. The van der Waals surface area contributed by atoms with Crippen molar-refractivity contribution in [3.05, 3.63) is 29.8 Å². The molecule has 0 radical (unpaired) electrons. The van der Waals surface area contributed by atoms with E-state index in [1.807, 2.05) is 13.8 Å². The Labute approximate surface area is 162 Å². The minimum absolute atomic E-state index is 0.0253. The normalized spacial score (nSPS) is 17.1. The number of benzene rings is 1. The second-order valence-corrected chi connectivity index (χ2v) is 8.44. The lowest BCUT2D eigenvalue weighted by molar-refractivity contribution is -0.121. The summed E-state index contributed by atoms with van der Waals surface area (Å²) in [6.07, 6.45) is 0.723. The first-order chi connectivity index (χ1) is 13.1. The van der Waals surface area contributed by atoms with Crippen molar-refractivity contribution in [2.24, 2.45) is 0 Å². The van der Waals surface area contributed by atoms with Crippen LogP contribution < -0.4 is 10.6 Å². The summed E-state index contributed by atoms with van der Waals surface area (Å²) in [6.45, 7) is 3.95. The monoisotopic (exact) mass is 418 g/mol. The van der Waals surface area contributed by atoms with Gasteiger partial charge in [0.05, 0.1) is 6.54 Å². The maximum atomic E-state index is 13.8. The molecule has 11 heteroatoms. The second-order valence-electron chi connectivity index (χ2n) is 6.56. The van der Waals surface area contributed by atoms with Crippen molar-refractivity contribution < 1.29 is 26.8 Å². The molecule has 156 valence electrons. The third-order valence-corrected chi connectivity index (χ3v) is 6.41. The summed E-state index contributed by atoms with van der Waals surface area (Å²) in [6, 6.07) is 2.22. The number of hydrogen-bond acceptors (Lipinski definition) is 5. The third-order valence-electron chi connectivity index (χ3n) is 4.46. The van der Waals surface area contributed by atoms with Gasteiger partial charge in [0.2, 0.25) is 15.9 Å². The largest absolute Gasteiger partial charge is 0.335 e. The summed E-state index contributed by atoms with van der Waals surface area (Å²) < 4.78 is 53.7. The highest BCUT2D eigenvalue weighted by Gasteiger charge is 2.33. The van der Waals surface area contributed by atoms with Crippen LogP contribution in [-0.4, -0.2) is 68.3 Å². The fraction of sp³-hybridized carbons (Fsp3) is 0.529. The highest BCUT2D eigenvalue weighted by Crippen LogP contribution is 2.23. The highest BCUT2D eigenvalue weighted by molar-refractivity contribution is 7.89. The zero-order valence-electron chi connectivity index (χ0n) is 15.7. The molecular formula is C17H24F2N4O4S. The number of urea groups is 1. The van der Waals surface area contributed by atoms with Crippen LogP contribution in [0.25, 0.3) is 0 Å². The van der Waals surface area contributed by atoms with Gasteiger partial charge in [0.15, 0.2) is 4.90 Å². The Morgan fingerprint density at radius 3 is 2.25 bits per heavy atom. The molecule has 0 saturated carbocycles. The van der Waals surface area contributed by atoms with E-state index < -0.39 is 38.5 Å². The van der Waals surface area contributed by atoms with Crippen LogP contribution in [0.2, 0.25) is 0 Å². The van der Waals surface area contributed by atoms with E-state index in [1.54, 1.807) is 4.90 Å². The topological polar surface area (TPSA) is 98.8 Å². The SMILES string of the molecule is CC[C@@H](C)NC(=O)NC(=O)CN1CCN(S(=O)(=O)c2c(F)cccc2F)CC1.